The van der Waals surface area contributed by atoms with E-state index in [1.54, 1.807) is 32.9 Å². The van der Waals surface area contributed by atoms with Crippen molar-refractivity contribution in [1.29, 1.82) is 0 Å². The lowest BCUT2D eigenvalue weighted by atomic mass is 10.0. The molecule has 0 unspecified atom stereocenters. The minimum absolute atomic E-state index is 0.182. The van der Waals surface area contributed by atoms with Gasteiger partial charge in [-0.3, -0.25) is 0 Å². The molecule has 0 aliphatic rings. The summed E-state index contributed by atoms with van der Waals surface area (Å²) >= 11 is 0. The summed E-state index contributed by atoms with van der Waals surface area (Å²) in [6.45, 7) is 8.97. The summed E-state index contributed by atoms with van der Waals surface area (Å²) < 4.78 is 16.6. The first-order valence-electron chi connectivity index (χ1n) is 11.9. The number of alkyl carbamates (subject to hydrolysis) is 1. The number of hydrogen-bond acceptors (Lipinski definition) is 6. The molecule has 0 saturated carbocycles. The van der Waals surface area contributed by atoms with Gasteiger partial charge in [-0.2, -0.15) is 0 Å². The lowest BCUT2D eigenvalue weighted by Gasteiger charge is -2.23. The van der Waals surface area contributed by atoms with Crippen LogP contribution < -0.4 is 15.7 Å². The van der Waals surface area contributed by atoms with E-state index in [9.17, 15) is 14.4 Å². The lowest BCUT2D eigenvalue weighted by molar-refractivity contribution is -0.136. The van der Waals surface area contributed by atoms with Crippen LogP contribution in [0.25, 0.3) is 21.9 Å². The van der Waals surface area contributed by atoms with Crippen LogP contribution >= 0.6 is 0 Å². The lowest BCUT2D eigenvalue weighted by Crippen LogP contribution is -2.46. The molecule has 1 amide bonds. The van der Waals surface area contributed by atoms with Gasteiger partial charge in [0, 0.05) is 29.6 Å². The monoisotopic (exact) mass is 490 g/mol. The highest BCUT2D eigenvalue weighted by atomic mass is 16.6. The van der Waals surface area contributed by atoms with E-state index in [2.05, 4.69) is 10.3 Å². The highest BCUT2D eigenvalue weighted by Crippen LogP contribution is 2.31. The molecule has 1 atom stereocenters. The first-order valence-corrected chi connectivity index (χ1v) is 11.9. The molecule has 0 bridgehead atoms. The standard InChI is InChI=1S/C28H30N2O6/c1-6-17-14-24(31)34-22-11-16(2)12-23(25(17)22)35-26(32)21(30-27(33)36-28(3,4)5)13-18-15-29-20-10-8-7-9-19(18)20/h7-12,14-15,21,29H,6,13H2,1-5H3,(H,30,33)/t21-/m1/s1. The second kappa shape index (κ2) is 9.89. The number of aryl methyl sites for hydroxylation is 2. The van der Waals surface area contributed by atoms with Crippen LogP contribution in [-0.2, 0) is 22.4 Å². The van der Waals surface area contributed by atoms with E-state index in [0.717, 1.165) is 22.0 Å². The number of benzene rings is 2. The predicted octanol–water partition coefficient (Wildman–Crippen LogP) is 5.19. The molecular formula is C28H30N2O6. The number of amides is 1. The second-order valence-electron chi connectivity index (χ2n) is 9.76. The van der Waals surface area contributed by atoms with Crippen molar-refractivity contribution in [3.8, 4) is 5.75 Å². The molecule has 0 aliphatic carbocycles. The summed E-state index contributed by atoms with van der Waals surface area (Å²) in [5.41, 5.74) is 2.37. The minimum atomic E-state index is -1.03. The van der Waals surface area contributed by atoms with Gasteiger partial charge in [0.1, 0.15) is 23.0 Å². The maximum atomic E-state index is 13.5. The minimum Gasteiger partial charge on any atom is -0.444 e. The highest BCUT2D eigenvalue weighted by molar-refractivity contribution is 5.92. The molecule has 0 aliphatic heterocycles. The maximum absolute atomic E-state index is 13.5. The van der Waals surface area contributed by atoms with Gasteiger partial charge in [-0.15, -0.1) is 0 Å². The Morgan fingerprint density at radius 2 is 1.86 bits per heavy atom. The van der Waals surface area contributed by atoms with Crippen molar-refractivity contribution < 1.29 is 23.5 Å². The number of aromatic nitrogens is 1. The van der Waals surface area contributed by atoms with E-state index in [1.807, 2.05) is 44.3 Å². The zero-order valence-corrected chi connectivity index (χ0v) is 21.1. The summed E-state index contributed by atoms with van der Waals surface area (Å²) in [4.78, 5) is 41.3. The molecular weight excluding hydrogens is 460 g/mol. The Morgan fingerprint density at radius 3 is 2.58 bits per heavy atom. The summed E-state index contributed by atoms with van der Waals surface area (Å²) in [6, 6.07) is 11.5. The van der Waals surface area contributed by atoms with E-state index in [-0.39, 0.29) is 12.2 Å². The van der Waals surface area contributed by atoms with Crippen LogP contribution in [0.1, 0.15) is 44.4 Å². The molecule has 2 aromatic heterocycles. The van der Waals surface area contributed by atoms with Crippen LogP contribution in [0.2, 0.25) is 0 Å². The Labute approximate surface area is 208 Å². The number of ether oxygens (including phenoxy) is 2. The first-order chi connectivity index (χ1) is 17.0. The molecule has 0 fully saturated rings. The van der Waals surface area contributed by atoms with Crippen molar-refractivity contribution in [3.63, 3.8) is 0 Å². The fourth-order valence-electron chi connectivity index (χ4n) is 4.17. The molecule has 2 heterocycles. The van der Waals surface area contributed by atoms with Gasteiger partial charge < -0.3 is 24.2 Å². The number of rotatable bonds is 6. The van der Waals surface area contributed by atoms with Crippen LogP contribution in [0.4, 0.5) is 4.79 Å². The number of carbonyl (C=O) groups excluding carboxylic acids is 2. The number of aromatic amines is 1. The summed E-state index contributed by atoms with van der Waals surface area (Å²) in [5.74, 6) is -0.392. The molecule has 2 aromatic carbocycles. The fourth-order valence-corrected chi connectivity index (χ4v) is 4.17. The van der Waals surface area contributed by atoms with Crippen LogP contribution in [0.5, 0.6) is 5.75 Å². The van der Waals surface area contributed by atoms with Crippen LogP contribution in [0.15, 0.2) is 57.9 Å². The number of para-hydroxylation sites is 1. The van der Waals surface area contributed by atoms with Gasteiger partial charge in [-0.05, 0) is 69.0 Å². The van der Waals surface area contributed by atoms with Gasteiger partial charge in [0.2, 0.25) is 0 Å². The maximum Gasteiger partial charge on any atom is 0.408 e. The third-order valence-corrected chi connectivity index (χ3v) is 5.70. The molecule has 36 heavy (non-hydrogen) atoms. The highest BCUT2D eigenvalue weighted by Gasteiger charge is 2.28. The average Bonchev–Trinajstić information content (AvgIpc) is 3.19. The van der Waals surface area contributed by atoms with Crippen molar-refractivity contribution >= 4 is 33.9 Å². The smallest absolute Gasteiger partial charge is 0.408 e. The van der Waals surface area contributed by atoms with E-state index in [1.165, 1.54) is 6.07 Å². The van der Waals surface area contributed by atoms with Crippen molar-refractivity contribution in [1.82, 2.24) is 10.3 Å². The Balaban J connectivity index is 1.70. The average molecular weight is 491 g/mol. The van der Waals surface area contributed by atoms with Gasteiger partial charge in [-0.25, -0.2) is 14.4 Å². The largest absolute Gasteiger partial charge is 0.444 e. The van der Waals surface area contributed by atoms with Gasteiger partial charge in [0.15, 0.2) is 0 Å². The second-order valence-corrected chi connectivity index (χ2v) is 9.76. The van der Waals surface area contributed by atoms with Gasteiger partial charge >= 0.3 is 17.7 Å². The summed E-state index contributed by atoms with van der Waals surface area (Å²) in [5, 5.41) is 4.17. The van der Waals surface area contributed by atoms with Gasteiger partial charge in [0.05, 0.1) is 5.39 Å². The fraction of sp³-hybridized carbons (Fsp3) is 0.321. The Morgan fingerprint density at radius 1 is 1.11 bits per heavy atom. The molecule has 8 nitrogen and oxygen atoms in total. The molecule has 2 N–H and O–H groups in total. The van der Waals surface area contributed by atoms with Crippen LogP contribution in [0, 0.1) is 6.92 Å². The van der Waals surface area contributed by atoms with Crippen molar-refractivity contribution in [2.45, 2.75) is 59.1 Å². The Hall–Kier alpha value is -4.07. The summed E-state index contributed by atoms with van der Waals surface area (Å²) in [6.07, 6.45) is 1.82. The van der Waals surface area contributed by atoms with Crippen molar-refractivity contribution in [2.24, 2.45) is 0 Å². The Bertz CT molecular complexity index is 1490. The van der Waals surface area contributed by atoms with E-state index >= 15 is 0 Å². The molecule has 0 saturated heterocycles. The third kappa shape index (κ3) is 5.59. The summed E-state index contributed by atoms with van der Waals surface area (Å²) in [7, 11) is 0. The number of esters is 1. The molecule has 4 rings (SSSR count). The normalized spacial score (nSPS) is 12.5. The number of carbonyl (C=O) groups is 2. The predicted molar refractivity (Wildman–Crippen MR) is 137 cm³/mol. The van der Waals surface area contributed by atoms with Crippen molar-refractivity contribution in [2.75, 3.05) is 0 Å². The molecule has 188 valence electrons. The zero-order chi connectivity index (χ0) is 26.0. The Kier molecular flexibility index (Phi) is 6.88. The zero-order valence-electron chi connectivity index (χ0n) is 21.1. The molecule has 0 radical (unpaired) electrons. The molecule has 0 spiro atoms. The number of nitrogens with one attached hydrogen (secondary N) is 2. The number of H-pyrrole nitrogens is 1. The van der Waals surface area contributed by atoms with E-state index < -0.39 is 29.3 Å². The first kappa shape index (κ1) is 25.0. The number of hydrogen-bond donors (Lipinski definition) is 2. The van der Waals surface area contributed by atoms with Crippen molar-refractivity contribution in [3.05, 3.63) is 75.8 Å². The number of fused-ring (bicyclic) bond motifs is 2. The van der Waals surface area contributed by atoms with Gasteiger partial charge in [-0.1, -0.05) is 25.1 Å². The van der Waals surface area contributed by atoms with Gasteiger partial charge in [0.25, 0.3) is 0 Å². The quantitative estimate of drug-likeness (QED) is 0.219. The molecule has 8 heteroatoms. The van der Waals surface area contributed by atoms with Crippen LogP contribution in [-0.4, -0.2) is 28.7 Å². The van der Waals surface area contributed by atoms with E-state index in [0.29, 0.717) is 23.0 Å². The molecule has 4 aromatic rings. The SMILES string of the molecule is CCc1cc(=O)oc2cc(C)cc(OC(=O)[C@@H](Cc3c[nH]c4ccccc34)NC(=O)OC(C)(C)C)c12. The topological polar surface area (TPSA) is 111 Å². The van der Waals surface area contributed by atoms with Crippen LogP contribution in [0.3, 0.4) is 0 Å². The van der Waals surface area contributed by atoms with E-state index in [4.69, 9.17) is 13.9 Å². The third-order valence-electron chi connectivity index (χ3n) is 5.70.